The Morgan fingerprint density at radius 2 is 1.49 bits per heavy atom. The van der Waals surface area contributed by atoms with E-state index in [1.54, 1.807) is 7.11 Å². The molecule has 0 radical (unpaired) electrons. The van der Waals surface area contributed by atoms with Gasteiger partial charge in [0.1, 0.15) is 6.61 Å². The lowest BCUT2D eigenvalue weighted by Gasteiger charge is -2.38. The van der Waals surface area contributed by atoms with Gasteiger partial charge in [0.25, 0.3) is 0 Å². The van der Waals surface area contributed by atoms with E-state index in [0.29, 0.717) is 25.7 Å². The van der Waals surface area contributed by atoms with Crippen LogP contribution in [0.4, 0.5) is 0 Å². The molecule has 1 heterocycles. The first-order valence-electron chi connectivity index (χ1n) is 15.3. The molecule has 218 valence electrons. The highest BCUT2D eigenvalue weighted by Crippen LogP contribution is 2.44. The molecule has 1 N–H and O–H groups in total. The topological polar surface area (TPSA) is 74.2 Å². The van der Waals surface area contributed by atoms with Crippen molar-refractivity contribution < 1.29 is 28.8 Å². The van der Waals surface area contributed by atoms with Gasteiger partial charge in [-0.3, -0.25) is 0 Å². The number of rotatable bonds is 12. The molecule has 3 fully saturated rings. The summed E-state index contributed by atoms with van der Waals surface area (Å²) in [6.07, 6.45) is 13.6. The Labute approximate surface area is 235 Å². The zero-order valence-electron chi connectivity index (χ0n) is 24.2. The summed E-state index contributed by atoms with van der Waals surface area (Å²) in [5, 5.41) is 9.06. The summed E-state index contributed by atoms with van der Waals surface area (Å²) in [7, 11) is 1.60. The quantitative estimate of drug-likeness (QED) is 0.244. The van der Waals surface area contributed by atoms with Crippen molar-refractivity contribution in [3.05, 3.63) is 47.5 Å². The third kappa shape index (κ3) is 8.39. The first-order valence-corrected chi connectivity index (χ1v) is 15.3. The van der Waals surface area contributed by atoms with Crippen molar-refractivity contribution in [2.75, 3.05) is 40.1 Å². The van der Waals surface area contributed by atoms with Crippen molar-refractivity contribution in [1.29, 1.82) is 0 Å². The maximum atomic E-state index is 11.9. The van der Waals surface area contributed by atoms with Gasteiger partial charge in [0.15, 0.2) is 6.29 Å². The van der Waals surface area contributed by atoms with Gasteiger partial charge in [0, 0.05) is 13.0 Å². The summed E-state index contributed by atoms with van der Waals surface area (Å²) < 4.78 is 22.6. The average Bonchev–Trinajstić information content (AvgIpc) is 2.99. The summed E-state index contributed by atoms with van der Waals surface area (Å²) in [6, 6.07) is 9.15. The number of hydrogen-bond donors (Lipinski definition) is 1. The molecule has 0 aromatic heterocycles. The molecule has 0 spiro atoms. The van der Waals surface area contributed by atoms with E-state index < -0.39 is 18.9 Å². The molecular formula is C33H50O6. The molecule has 1 aromatic rings. The van der Waals surface area contributed by atoms with E-state index in [1.165, 1.54) is 75.3 Å². The maximum Gasteiger partial charge on any atom is 0.335 e. The lowest BCUT2D eigenvalue weighted by Crippen LogP contribution is -2.40. The average molecular weight is 543 g/mol. The number of esters is 1. The van der Waals surface area contributed by atoms with E-state index in [2.05, 4.69) is 37.8 Å². The highest BCUT2D eigenvalue weighted by atomic mass is 16.7. The molecule has 6 nitrogen and oxygen atoms in total. The van der Waals surface area contributed by atoms with Crippen LogP contribution in [-0.2, 0) is 23.7 Å². The molecule has 1 unspecified atom stereocenters. The molecule has 1 saturated heterocycles. The van der Waals surface area contributed by atoms with E-state index in [4.69, 9.17) is 24.1 Å². The Bertz CT molecular complexity index is 874. The normalized spacial score (nSPS) is 30.4. The van der Waals surface area contributed by atoms with Gasteiger partial charge in [0.2, 0.25) is 0 Å². The molecule has 6 heteroatoms. The Balaban J connectivity index is 1.21. The van der Waals surface area contributed by atoms with Gasteiger partial charge in [-0.1, -0.05) is 63.5 Å². The van der Waals surface area contributed by atoms with Gasteiger partial charge in [-0.2, -0.15) is 0 Å². The molecule has 39 heavy (non-hydrogen) atoms. The van der Waals surface area contributed by atoms with Crippen LogP contribution >= 0.6 is 0 Å². The van der Waals surface area contributed by atoms with Crippen molar-refractivity contribution in [1.82, 2.24) is 0 Å². The highest BCUT2D eigenvalue weighted by molar-refractivity contribution is 5.87. The number of benzene rings is 1. The molecule has 4 rings (SSSR count). The van der Waals surface area contributed by atoms with Crippen molar-refractivity contribution >= 4 is 5.97 Å². The molecule has 3 aliphatic rings. The highest BCUT2D eigenvalue weighted by Gasteiger charge is 2.33. The third-order valence-corrected chi connectivity index (χ3v) is 9.50. The van der Waals surface area contributed by atoms with Crippen molar-refractivity contribution in [2.24, 2.45) is 23.7 Å². The van der Waals surface area contributed by atoms with Gasteiger partial charge in [0.05, 0.1) is 37.9 Å². The minimum Gasteiger partial charge on any atom is -0.462 e. The molecule has 1 aromatic carbocycles. The Morgan fingerprint density at radius 3 is 2.03 bits per heavy atom. The minimum absolute atomic E-state index is 0.0259. The maximum absolute atomic E-state index is 11.9. The predicted molar refractivity (Wildman–Crippen MR) is 152 cm³/mol. The summed E-state index contributed by atoms with van der Waals surface area (Å²) >= 11 is 0. The molecule has 0 bridgehead atoms. The summed E-state index contributed by atoms with van der Waals surface area (Å²) in [5.74, 6) is 2.93. The number of aliphatic hydroxyl groups excluding tert-OH is 1. The van der Waals surface area contributed by atoms with Gasteiger partial charge >= 0.3 is 5.97 Å². The number of ether oxygens (including phenoxy) is 4. The van der Waals surface area contributed by atoms with Crippen LogP contribution in [0.5, 0.6) is 0 Å². The van der Waals surface area contributed by atoms with Crippen LogP contribution in [0.25, 0.3) is 0 Å². The summed E-state index contributed by atoms with van der Waals surface area (Å²) in [6.45, 7) is 6.92. The van der Waals surface area contributed by atoms with Crippen LogP contribution in [0.15, 0.2) is 36.4 Å². The first kappa shape index (κ1) is 30.2. The van der Waals surface area contributed by atoms with Crippen LogP contribution < -0.4 is 0 Å². The number of carbonyl (C=O) groups excluding carboxylic acids is 1. The second-order valence-corrected chi connectivity index (χ2v) is 12.2. The standard InChI is InChI=1S/C33H50O6/c1-4-5-24-6-8-25(9-7-24)26-10-12-27(13-11-26)28-14-16-29(17-15-28)30-20-38-33(39-21-30)31(19-36-3)22-37-32(35)23(2)18-34/h14-17,24-27,30-31,33-34H,2,4-13,18-22H2,1,3H3. The van der Waals surface area contributed by atoms with E-state index in [-0.39, 0.29) is 24.0 Å². The second kappa shape index (κ2) is 15.3. The molecular weight excluding hydrogens is 492 g/mol. The molecule has 1 atom stereocenters. The molecule has 2 aliphatic carbocycles. The smallest absolute Gasteiger partial charge is 0.335 e. The molecule has 1 aliphatic heterocycles. The van der Waals surface area contributed by atoms with E-state index in [9.17, 15) is 4.79 Å². The first-order chi connectivity index (χ1) is 19.0. The number of methoxy groups -OCH3 is 1. The van der Waals surface area contributed by atoms with Gasteiger partial charge in [-0.05, 0) is 73.3 Å². The van der Waals surface area contributed by atoms with Crippen LogP contribution in [0, 0.1) is 23.7 Å². The van der Waals surface area contributed by atoms with Crippen LogP contribution in [0.3, 0.4) is 0 Å². The van der Waals surface area contributed by atoms with E-state index in [0.717, 1.165) is 17.8 Å². The van der Waals surface area contributed by atoms with Crippen molar-refractivity contribution in [2.45, 2.75) is 89.3 Å². The number of carbonyl (C=O) groups is 1. The third-order valence-electron chi connectivity index (χ3n) is 9.50. The zero-order valence-corrected chi connectivity index (χ0v) is 24.2. The molecule has 0 amide bonds. The SMILES string of the molecule is C=C(CO)C(=O)OCC(COC)C1OCC(c2ccc(C3CCC(C4CCC(CCC)CC4)CC3)cc2)CO1. The monoisotopic (exact) mass is 542 g/mol. The second-order valence-electron chi connectivity index (χ2n) is 12.2. The van der Waals surface area contributed by atoms with Gasteiger partial charge < -0.3 is 24.1 Å². The van der Waals surface area contributed by atoms with Crippen molar-refractivity contribution in [3.63, 3.8) is 0 Å². The lowest BCUT2D eigenvalue weighted by atomic mass is 9.68. The molecule has 2 saturated carbocycles. The minimum atomic E-state index is -0.615. The Hall–Kier alpha value is -1.73. The van der Waals surface area contributed by atoms with Crippen LogP contribution in [0.2, 0.25) is 0 Å². The summed E-state index contributed by atoms with van der Waals surface area (Å²) in [5.41, 5.74) is 2.74. The van der Waals surface area contributed by atoms with Crippen LogP contribution in [0.1, 0.15) is 94.1 Å². The predicted octanol–water partition coefficient (Wildman–Crippen LogP) is 6.38. The lowest BCUT2D eigenvalue weighted by molar-refractivity contribution is -0.225. The van der Waals surface area contributed by atoms with Crippen molar-refractivity contribution in [3.8, 4) is 0 Å². The van der Waals surface area contributed by atoms with Gasteiger partial charge in [-0.15, -0.1) is 0 Å². The van der Waals surface area contributed by atoms with E-state index >= 15 is 0 Å². The Morgan fingerprint density at radius 1 is 0.923 bits per heavy atom. The Kier molecular flexibility index (Phi) is 11.9. The van der Waals surface area contributed by atoms with E-state index in [1.807, 2.05) is 0 Å². The number of aliphatic hydroxyl groups is 1. The fraction of sp³-hybridized carbons (Fsp3) is 0.727. The fourth-order valence-corrected chi connectivity index (χ4v) is 7.07. The van der Waals surface area contributed by atoms with Gasteiger partial charge in [-0.25, -0.2) is 4.79 Å². The number of hydrogen-bond acceptors (Lipinski definition) is 6. The summed E-state index contributed by atoms with van der Waals surface area (Å²) in [4.78, 5) is 11.9. The largest absolute Gasteiger partial charge is 0.462 e. The zero-order chi connectivity index (χ0) is 27.6. The fourth-order valence-electron chi connectivity index (χ4n) is 7.07. The van der Waals surface area contributed by atoms with Crippen LogP contribution in [-0.4, -0.2) is 57.5 Å².